The van der Waals surface area contributed by atoms with Crippen LogP contribution in [0.3, 0.4) is 0 Å². The van der Waals surface area contributed by atoms with Gasteiger partial charge in [0, 0.05) is 33.3 Å². The van der Waals surface area contributed by atoms with Gasteiger partial charge in [0.25, 0.3) is 0 Å². The number of hydrogen-bond acceptors (Lipinski definition) is 3. The third-order valence-corrected chi connectivity index (χ3v) is 4.94. The molecule has 0 aliphatic carbocycles. The smallest absolute Gasteiger partial charge is 0.0739 e. The van der Waals surface area contributed by atoms with Gasteiger partial charge in [-0.05, 0) is 42.6 Å². The van der Waals surface area contributed by atoms with E-state index in [4.69, 9.17) is 4.74 Å². The van der Waals surface area contributed by atoms with Gasteiger partial charge in [-0.1, -0.05) is 0 Å². The van der Waals surface area contributed by atoms with Gasteiger partial charge in [0.05, 0.1) is 22.0 Å². The molecule has 1 aromatic rings. The van der Waals surface area contributed by atoms with Crippen molar-refractivity contribution in [1.29, 1.82) is 0 Å². The van der Waals surface area contributed by atoms with Crippen LogP contribution in [-0.2, 0) is 18.3 Å². The molecule has 2 rings (SSSR count). The fourth-order valence-corrected chi connectivity index (χ4v) is 3.13. The van der Waals surface area contributed by atoms with E-state index in [-0.39, 0.29) is 0 Å². The molecular formula is C13H22BrN3O. The van der Waals surface area contributed by atoms with Crippen molar-refractivity contribution in [3.8, 4) is 0 Å². The van der Waals surface area contributed by atoms with E-state index in [1.807, 2.05) is 25.8 Å². The quantitative estimate of drug-likeness (QED) is 0.858. The molecule has 0 N–H and O–H groups in total. The molecule has 2 unspecified atom stereocenters. The van der Waals surface area contributed by atoms with Crippen LogP contribution in [0.5, 0.6) is 0 Å². The molecule has 0 saturated carbocycles. The normalized spacial score (nSPS) is 25.6. The minimum absolute atomic E-state index is 0.424. The lowest BCUT2D eigenvalue weighted by Crippen LogP contribution is -2.43. The van der Waals surface area contributed by atoms with E-state index in [0.29, 0.717) is 12.1 Å². The van der Waals surface area contributed by atoms with Gasteiger partial charge in [0.1, 0.15) is 0 Å². The lowest BCUT2D eigenvalue weighted by Gasteiger charge is -2.37. The van der Waals surface area contributed by atoms with Crippen LogP contribution >= 0.6 is 15.9 Å². The molecule has 0 amide bonds. The minimum Gasteiger partial charge on any atom is -0.381 e. The van der Waals surface area contributed by atoms with Crippen molar-refractivity contribution in [2.24, 2.45) is 7.05 Å². The number of likely N-dealkylation sites (tertiary alicyclic amines) is 1. The summed E-state index contributed by atoms with van der Waals surface area (Å²) in [5, 5.41) is 4.45. The third kappa shape index (κ3) is 2.78. The fraction of sp³-hybridized carbons (Fsp3) is 0.769. The Morgan fingerprint density at radius 3 is 2.72 bits per heavy atom. The highest BCUT2D eigenvalue weighted by molar-refractivity contribution is 9.10. The number of rotatable bonds is 3. The predicted octanol–water partition coefficient (Wildman–Crippen LogP) is 2.49. The van der Waals surface area contributed by atoms with Crippen molar-refractivity contribution in [3.63, 3.8) is 0 Å². The van der Waals surface area contributed by atoms with Crippen molar-refractivity contribution in [2.75, 3.05) is 13.7 Å². The number of halogens is 1. The van der Waals surface area contributed by atoms with E-state index in [2.05, 4.69) is 32.9 Å². The second-order valence-electron chi connectivity index (χ2n) is 5.17. The summed E-state index contributed by atoms with van der Waals surface area (Å²) in [5.74, 6) is 0. The Labute approximate surface area is 117 Å². The summed E-state index contributed by atoms with van der Waals surface area (Å²) in [5.41, 5.74) is 2.32. The molecule has 0 radical (unpaired) electrons. The van der Waals surface area contributed by atoms with Gasteiger partial charge in [0.2, 0.25) is 0 Å². The first-order valence-corrected chi connectivity index (χ1v) is 7.27. The Hall–Kier alpha value is -0.390. The number of hydrogen-bond donors (Lipinski definition) is 0. The molecule has 102 valence electrons. The van der Waals surface area contributed by atoms with Gasteiger partial charge in [-0.3, -0.25) is 9.58 Å². The molecule has 0 aromatic carbocycles. The van der Waals surface area contributed by atoms with Crippen LogP contribution in [0.1, 0.15) is 31.2 Å². The maximum absolute atomic E-state index is 5.46. The van der Waals surface area contributed by atoms with Crippen LogP contribution in [0.25, 0.3) is 0 Å². The summed E-state index contributed by atoms with van der Waals surface area (Å²) in [6, 6.07) is 0.561. The zero-order chi connectivity index (χ0) is 13.3. The van der Waals surface area contributed by atoms with Crippen molar-refractivity contribution in [3.05, 3.63) is 15.9 Å². The highest BCUT2D eigenvalue weighted by Gasteiger charge is 2.26. The summed E-state index contributed by atoms with van der Waals surface area (Å²) in [6.07, 6.45) is 2.66. The highest BCUT2D eigenvalue weighted by atomic mass is 79.9. The van der Waals surface area contributed by atoms with E-state index in [9.17, 15) is 0 Å². The van der Waals surface area contributed by atoms with Crippen molar-refractivity contribution < 1.29 is 4.74 Å². The second-order valence-corrected chi connectivity index (χ2v) is 5.96. The van der Waals surface area contributed by atoms with Crippen molar-refractivity contribution in [1.82, 2.24) is 14.7 Å². The molecule has 0 bridgehead atoms. The molecule has 0 spiro atoms. The summed E-state index contributed by atoms with van der Waals surface area (Å²) >= 11 is 3.64. The molecule has 2 heterocycles. The first-order valence-electron chi connectivity index (χ1n) is 6.47. The standard InChI is InChI=1S/C13H22BrN3O/c1-9-7-11(18-4)5-6-17(9)8-12-13(14)10(2)15-16(12)3/h9,11H,5-8H2,1-4H3. The average Bonchev–Trinajstić information content (AvgIpc) is 2.58. The van der Waals surface area contributed by atoms with E-state index < -0.39 is 0 Å². The maximum Gasteiger partial charge on any atom is 0.0739 e. The Kier molecular flexibility index (Phi) is 4.45. The summed E-state index contributed by atoms with van der Waals surface area (Å²) < 4.78 is 8.58. The minimum atomic E-state index is 0.424. The fourth-order valence-electron chi connectivity index (χ4n) is 2.67. The average molecular weight is 316 g/mol. The topological polar surface area (TPSA) is 30.3 Å². The molecular weight excluding hydrogens is 294 g/mol. The number of methoxy groups -OCH3 is 1. The monoisotopic (exact) mass is 315 g/mol. The summed E-state index contributed by atoms with van der Waals surface area (Å²) in [4.78, 5) is 2.51. The molecule has 1 saturated heterocycles. The first kappa shape index (κ1) is 14.0. The zero-order valence-corrected chi connectivity index (χ0v) is 13.2. The van der Waals surface area contributed by atoms with Crippen LogP contribution in [0, 0.1) is 6.92 Å². The molecule has 1 aromatic heterocycles. The molecule has 1 fully saturated rings. The number of piperidine rings is 1. The van der Waals surface area contributed by atoms with E-state index >= 15 is 0 Å². The Bertz CT molecular complexity index is 419. The van der Waals surface area contributed by atoms with Gasteiger partial charge in [-0.15, -0.1) is 0 Å². The largest absolute Gasteiger partial charge is 0.381 e. The van der Waals surface area contributed by atoms with Crippen LogP contribution < -0.4 is 0 Å². The van der Waals surface area contributed by atoms with Crippen LogP contribution in [0.15, 0.2) is 4.47 Å². The maximum atomic E-state index is 5.46. The summed E-state index contributed by atoms with van der Waals surface area (Å²) in [6.45, 7) is 6.36. The third-order valence-electron chi connectivity index (χ3n) is 3.91. The predicted molar refractivity (Wildman–Crippen MR) is 75.5 cm³/mol. The molecule has 5 heteroatoms. The van der Waals surface area contributed by atoms with Crippen LogP contribution in [-0.4, -0.2) is 40.5 Å². The van der Waals surface area contributed by atoms with Crippen molar-refractivity contribution >= 4 is 15.9 Å². The molecule has 1 aliphatic heterocycles. The zero-order valence-electron chi connectivity index (χ0n) is 11.6. The van der Waals surface area contributed by atoms with E-state index in [1.54, 1.807) is 0 Å². The van der Waals surface area contributed by atoms with Crippen LogP contribution in [0.4, 0.5) is 0 Å². The van der Waals surface area contributed by atoms with Gasteiger partial charge in [-0.25, -0.2) is 0 Å². The highest BCUT2D eigenvalue weighted by Crippen LogP contribution is 2.26. The van der Waals surface area contributed by atoms with Crippen molar-refractivity contribution in [2.45, 2.75) is 45.4 Å². The van der Waals surface area contributed by atoms with Gasteiger partial charge in [0.15, 0.2) is 0 Å². The number of aryl methyl sites for hydroxylation is 2. The Morgan fingerprint density at radius 1 is 1.50 bits per heavy atom. The lowest BCUT2D eigenvalue weighted by molar-refractivity contribution is 0.0121. The van der Waals surface area contributed by atoms with Gasteiger partial charge >= 0.3 is 0 Å². The molecule has 18 heavy (non-hydrogen) atoms. The Balaban J connectivity index is 2.06. The summed E-state index contributed by atoms with van der Waals surface area (Å²) in [7, 11) is 3.83. The number of ether oxygens (including phenoxy) is 1. The SMILES string of the molecule is COC1CCN(Cc2c(Br)c(C)nn2C)C(C)C1. The number of aromatic nitrogens is 2. The van der Waals surface area contributed by atoms with E-state index in [1.165, 1.54) is 5.69 Å². The molecule has 4 nitrogen and oxygen atoms in total. The van der Waals surface area contributed by atoms with Gasteiger partial charge < -0.3 is 4.74 Å². The number of nitrogens with zero attached hydrogens (tertiary/aromatic N) is 3. The molecule has 1 aliphatic rings. The second kappa shape index (κ2) is 5.72. The molecule has 2 atom stereocenters. The Morgan fingerprint density at radius 2 is 2.22 bits per heavy atom. The van der Waals surface area contributed by atoms with E-state index in [0.717, 1.165) is 36.1 Å². The van der Waals surface area contributed by atoms with Crippen LogP contribution in [0.2, 0.25) is 0 Å². The lowest BCUT2D eigenvalue weighted by atomic mass is 10.0. The van der Waals surface area contributed by atoms with Gasteiger partial charge in [-0.2, -0.15) is 5.10 Å². The first-order chi connectivity index (χ1) is 8.52.